The van der Waals surface area contributed by atoms with Crippen molar-refractivity contribution in [2.75, 3.05) is 26.2 Å². The average Bonchev–Trinajstić information content (AvgIpc) is 2.24. The maximum atomic E-state index is 11.9. The second-order valence-electron chi connectivity index (χ2n) is 5.35. The van der Waals surface area contributed by atoms with E-state index in [4.69, 9.17) is 15.2 Å². The quantitative estimate of drug-likeness (QED) is 0.814. The minimum atomic E-state index is -0.442. The van der Waals surface area contributed by atoms with Crippen LogP contribution in [0.2, 0.25) is 0 Å². The summed E-state index contributed by atoms with van der Waals surface area (Å²) < 4.78 is 10.9. The number of amides is 1. The number of morpholine rings is 1. The Hall–Kier alpha value is -0.810. The van der Waals surface area contributed by atoms with Crippen molar-refractivity contribution >= 4 is 6.09 Å². The molecule has 1 saturated heterocycles. The normalized spacial score (nSPS) is 21.4. The first kappa shape index (κ1) is 14.3. The van der Waals surface area contributed by atoms with Crippen LogP contribution >= 0.6 is 0 Å². The molecule has 0 unspecified atom stereocenters. The van der Waals surface area contributed by atoms with Crippen LogP contribution in [-0.4, -0.2) is 48.9 Å². The SMILES string of the molecule is CC(C)(C)OC(=O)N1CCO[C@H](CCCN)C1. The van der Waals surface area contributed by atoms with Gasteiger partial charge in [0.2, 0.25) is 0 Å². The topological polar surface area (TPSA) is 64.8 Å². The van der Waals surface area contributed by atoms with Gasteiger partial charge in [-0.05, 0) is 40.2 Å². The van der Waals surface area contributed by atoms with Crippen molar-refractivity contribution in [1.29, 1.82) is 0 Å². The molecule has 0 saturated carbocycles. The predicted molar refractivity (Wildman–Crippen MR) is 65.8 cm³/mol. The zero-order valence-electron chi connectivity index (χ0n) is 11.1. The molecule has 0 radical (unpaired) electrons. The van der Waals surface area contributed by atoms with Crippen molar-refractivity contribution in [2.45, 2.75) is 45.3 Å². The van der Waals surface area contributed by atoms with Crippen molar-refractivity contribution in [1.82, 2.24) is 4.90 Å². The van der Waals surface area contributed by atoms with Gasteiger partial charge in [0, 0.05) is 6.54 Å². The Morgan fingerprint density at radius 2 is 2.24 bits per heavy atom. The lowest BCUT2D eigenvalue weighted by molar-refractivity contribution is -0.0447. The molecule has 100 valence electrons. The minimum absolute atomic E-state index is 0.0971. The molecule has 0 aromatic heterocycles. The van der Waals surface area contributed by atoms with E-state index in [2.05, 4.69) is 0 Å². The third kappa shape index (κ3) is 5.37. The Balaban J connectivity index is 2.40. The van der Waals surface area contributed by atoms with Crippen LogP contribution in [0, 0.1) is 0 Å². The first-order chi connectivity index (χ1) is 7.92. The summed E-state index contributed by atoms with van der Waals surface area (Å²) in [6.45, 7) is 8.06. The second kappa shape index (κ2) is 6.21. The molecule has 5 nitrogen and oxygen atoms in total. The average molecular weight is 244 g/mol. The third-order valence-electron chi connectivity index (χ3n) is 2.52. The Kier molecular flexibility index (Phi) is 5.21. The molecule has 0 aromatic carbocycles. The van der Waals surface area contributed by atoms with Crippen molar-refractivity contribution in [3.05, 3.63) is 0 Å². The molecule has 1 rings (SSSR count). The molecule has 0 aliphatic carbocycles. The fraction of sp³-hybridized carbons (Fsp3) is 0.917. The standard InChI is InChI=1S/C12H24N2O3/c1-12(2,3)17-11(15)14-7-8-16-10(9-14)5-4-6-13/h10H,4-9,13H2,1-3H3/t10-/m1/s1. The van der Waals surface area contributed by atoms with E-state index in [1.807, 2.05) is 20.8 Å². The fourth-order valence-electron chi connectivity index (χ4n) is 1.73. The number of hydrogen-bond acceptors (Lipinski definition) is 4. The van der Waals surface area contributed by atoms with Crippen LogP contribution in [0.3, 0.4) is 0 Å². The van der Waals surface area contributed by atoms with Gasteiger partial charge in [-0.25, -0.2) is 4.79 Å². The van der Waals surface area contributed by atoms with Gasteiger partial charge in [-0.15, -0.1) is 0 Å². The highest BCUT2D eigenvalue weighted by atomic mass is 16.6. The van der Waals surface area contributed by atoms with Gasteiger partial charge in [0.15, 0.2) is 0 Å². The summed E-state index contributed by atoms with van der Waals surface area (Å²) in [5.41, 5.74) is 5.02. The summed E-state index contributed by atoms with van der Waals surface area (Å²) in [6.07, 6.45) is 1.67. The Morgan fingerprint density at radius 1 is 1.53 bits per heavy atom. The summed E-state index contributed by atoms with van der Waals surface area (Å²) in [7, 11) is 0. The number of carbonyl (C=O) groups is 1. The zero-order valence-corrected chi connectivity index (χ0v) is 11.1. The Morgan fingerprint density at radius 3 is 2.82 bits per heavy atom. The fourth-order valence-corrected chi connectivity index (χ4v) is 1.73. The van der Waals surface area contributed by atoms with Gasteiger partial charge >= 0.3 is 6.09 Å². The molecule has 1 amide bonds. The van der Waals surface area contributed by atoms with Crippen LogP contribution < -0.4 is 5.73 Å². The summed E-state index contributed by atoms with van der Waals surface area (Å²) in [5.74, 6) is 0. The molecule has 1 aliphatic rings. The van der Waals surface area contributed by atoms with E-state index < -0.39 is 5.60 Å². The minimum Gasteiger partial charge on any atom is -0.444 e. The lowest BCUT2D eigenvalue weighted by Gasteiger charge is -2.34. The Bertz CT molecular complexity index is 251. The Labute approximate surface area is 103 Å². The highest BCUT2D eigenvalue weighted by Gasteiger charge is 2.27. The molecular formula is C12H24N2O3. The molecule has 5 heteroatoms. The maximum Gasteiger partial charge on any atom is 0.410 e. The van der Waals surface area contributed by atoms with Gasteiger partial charge in [-0.2, -0.15) is 0 Å². The second-order valence-corrected chi connectivity index (χ2v) is 5.35. The van der Waals surface area contributed by atoms with Crippen LogP contribution in [-0.2, 0) is 9.47 Å². The van der Waals surface area contributed by atoms with E-state index in [1.165, 1.54) is 0 Å². The first-order valence-electron chi connectivity index (χ1n) is 6.22. The summed E-state index contributed by atoms with van der Waals surface area (Å²) >= 11 is 0. The summed E-state index contributed by atoms with van der Waals surface area (Å²) in [4.78, 5) is 13.6. The molecular weight excluding hydrogens is 220 g/mol. The van der Waals surface area contributed by atoms with Crippen LogP contribution in [0.4, 0.5) is 4.79 Å². The van der Waals surface area contributed by atoms with E-state index in [1.54, 1.807) is 4.90 Å². The number of nitrogens with zero attached hydrogens (tertiary/aromatic N) is 1. The lowest BCUT2D eigenvalue weighted by Crippen LogP contribution is -2.47. The van der Waals surface area contributed by atoms with Crippen LogP contribution in [0.1, 0.15) is 33.6 Å². The molecule has 1 heterocycles. The number of ether oxygens (including phenoxy) is 2. The van der Waals surface area contributed by atoms with E-state index >= 15 is 0 Å². The van der Waals surface area contributed by atoms with Gasteiger partial charge < -0.3 is 20.1 Å². The molecule has 1 fully saturated rings. The molecule has 0 bridgehead atoms. The molecule has 1 aliphatic heterocycles. The number of carbonyl (C=O) groups excluding carboxylic acids is 1. The number of hydrogen-bond donors (Lipinski definition) is 1. The molecule has 17 heavy (non-hydrogen) atoms. The van der Waals surface area contributed by atoms with E-state index in [9.17, 15) is 4.79 Å². The molecule has 0 aromatic rings. The predicted octanol–water partition coefficient (Wildman–Crippen LogP) is 1.36. The summed E-state index contributed by atoms with van der Waals surface area (Å²) in [6, 6.07) is 0. The summed E-state index contributed by atoms with van der Waals surface area (Å²) in [5, 5.41) is 0. The van der Waals surface area contributed by atoms with Crippen LogP contribution in [0.5, 0.6) is 0 Å². The third-order valence-corrected chi connectivity index (χ3v) is 2.52. The largest absolute Gasteiger partial charge is 0.444 e. The van der Waals surface area contributed by atoms with Crippen LogP contribution in [0.15, 0.2) is 0 Å². The smallest absolute Gasteiger partial charge is 0.410 e. The molecule has 0 spiro atoms. The maximum absolute atomic E-state index is 11.9. The monoisotopic (exact) mass is 244 g/mol. The molecule has 1 atom stereocenters. The first-order valence-corrected chi connectivity index (χ1v) is 6.22. The zero-order chi connectivity index (χ0) is 12.9. The van der Waals surface area contributed by atoms with E-state index in [0.717, 1.165) is 12.8 Å². The highest BCUT2D eigenvalue weighted by Crippen LogP contribution is 2.14. The van der Waals surface area contributed by atoms with E-state index in [0.29, 0.717) is 26.2 Å². The van der Waals surface area contributed by atoms with Gasteiger partial charge in [0.05, 0.1) is 19.3 Å². The van der Waals surface area contributed by atoms with Crippen molar-refractivity contribution in [2.24, 2.45) is 5.73 Å². The molecule has 2 N–H and O–H groups in total. The van der Waals surface area contributed by atoms with E-state index in [-0.39, 0.29) is 12.2 Å². The lowest BCUT2D eigenvalue weighted by atomic mass is 10.1. The number of rotatable bonds is 3. The van der Waals surface area contributed by atoms with Crippen LogP contribution in [0.25, 0.3) is 0 Å². The number of nitrogens with two attached hydrogens (primary N) is 1. The van der Waals surface area contributed by atoms with Gasteiger partial charge in [0.1, 0.15) is 5.60 Å². The van der Waals surface area contributed by atoms with Crippen molar-refractivity contribution in [3.63, 3.8) is 0 Å². The van der Waals surface area contributed by atoms with Crippen molar-refractivity contribution < 1.29 is 14.3 Å². The van der Waals surface area contributed by atoms with Gasteiger partial charge in [-0.3, -0.25) is 0 Å². The highest BCUT2D eigenvalue weighted by molar-refractivity contribution is 5.68. The van der Waals surface area contributed by atoms with Gasteiger partial charge in [-0.1, -0.05) is 0 Å². The van der Waals surface area contributed by atoms with Crippen molar-refractivity contribution in [3.8, 4) is 0 Å². The van der Waals surface area contributed by atoms with Gasteiger partial charge in [0.25, 0.3) is 0 Å².